The average molecular weight is 246 g/mol. The highest BCUT2D eigenvalue weighted by atomic mass is 16.5. The van der Waals surface area contributed by atoms with Crippen LogP contribution < -0.4 is 4.74 Å². The Kier molecular flexibility index (Phi) is 4.03. The highest BCUT2D eigenvalue weighted by Crippen LogP contribution is 2.30. The minimum Gasteiger partial charge on any atom is -0.497 e. The van der Waals surface area contributed by atoms with Crippen molar-refractivity contribution in [3.63, 3.8) is 0 Å². The van der Waals surface area contributed by atoms with Crippen molar-refractivity contribution in [1.29, 1.82) is 0 Å². The zero-order valence-corrected chi connectivity index (χ0v) is 10.9. The Morgan fingerprint density at radius 2 is 1.94 bits per heavy atom. The van der Waals surface area contributed by atoms with Gasteiger partial charge in [-0.05, 0) is 31.4 Å². The van der Waals surface area contributed by atoms with Crippen molar-refractivity contribution in [1.82, 2.24) is 0 Å². The molecule has 0 saturated heterocycles. The molecule has 2 rings (SSSR count). The molecule has 0 atom stereocenters. The first-order valence-corrected chi connectivity index (χ1v) is 6.21. The van der Waals surface area contributed by atoms with Crippen LogP contribution >= 0.6 is 0 Å². The highest BCUT2D eigenvalue weighted by molar-refractivity contribution is 6.02. The summed E-state index contributed by atoms with van der Waals surface area (Å²) in [4.78, 5) is 12.0. The number of Topliss-reactive ketones (excluding diaryl/α,β-unsaturated/α-hetero) is 1. The molecule has 1 aromatic carbocycles. The van der Waals surface area contributed by atoms with Gasteiger partial charge in [-0.1, -0.05) is 12.1 Å². The van der Waals surface area contributed by atoms with Gasteiger partial charge in [-0.25, -0.2) is 0 Å². The van der Waals surface area contributed by atoms with Crippen LogP contribution in [-0.4, -0.2) is 20.0 Å². The predicted octanol–water partition coefficient (Wildman–Crippen LogP) is 3.20. The summed E-state index contributed by atoms with van der Waals surface area (Å²) in [6.45, 7) is 0. The third-order valence-corrected chi connectivity index (χ3v) is 3.23. The Morgan fingerprint density at radius 3 is 2.61 bits per heavy atom. The zero-order chi connectivity index (χ0) is 13.0. The van der Waals surface area contributed by atoms with Crippen LogP contribution in [0.25, 0.3) is 5.76 Å². The number of carbonyl (C=O) groups is 1. The van der Waals surface area contributed by atoms with E-state index in [-0.39, 0.29) is 5.78 Å². The number of rotatable bonds is 3. The molecule has 3 nitrogen and oxygen atoms in total. The van der Waals surface area contributed by atoms with Gasteiger partial charge in [0.05, 0.1) is 14.2 Å². The lowest BCUT2D eigenvalue weighted by Gasteiger charge is -2.17. The molecule has 18 heavy (non-hydrogen) atoms. The number of ketones is 1. The van der Waals surface area contributed by atoms with Gasteiger partial charge in [0.2, 0.25) is 0 Å². The second-order valence-electron chi connectivity index (χ2n) is 4.37. The number of benzene rings is 1. The minimum absolute atomic E-state index is 0.209. The van der Waals surface area contributed by atoms with Crippen LogP contribution in [0.2, 0.25) is 0 Å². The van der Waals surface area contributed by atoms with Gasteiger partial charge in [0.1, 0.15) is 11.5 Å². The Bertz CT molecular complexity index is 474. The van der Waals surface area contributed by atoms with E-state index in [2.05, 4.69) is 0 Å². The van der Waals surface area contributed by atoms with E-state index in [1.807, 2.05) is 24.3 Å². The maximum absolute atomic E-state index is 12.0. The number of carbonyl (C=O) groups excluding carboxylic acids is 1. The van der Waals surface area contributed by atoms with Crippen LogP contribution in [0.3, 0.4) is 0 Å². The fourth-order valence-electron chi connectivity index (χ4n) is 2.30. The first kappa shape index (κ1) is 12.7. The first-order valence-electron chi connectivity index (χ1n) is 6.21. The Hall–Kier alpha value is -1.77. The van der Waals surface area contributed by atoms with Gasteiger partial charge in [-0.15, -0.1) is 0 Å². The summed E-state index contributed by atoms with van der Waals surface area (Å²) in [5.41, 5.74) is 1.72. The lowest BCUT2D eigenvalue weighted by molar-refractivity contribution is -0.116. The lowest BCUT2D eigenvalue weighted by atomic mass is 9.91. The molecule has 0 N–H and O–H groups in total. The van der Waals surface area contributed by atoms with Crippen LogP contribution in [0.4, 0.5) is 0 Å². The highest BCUT2D eigenvalue weighted by Gasteiger charge is 2.21. The molecule has 0 unspecified atom stereocenters. The van der Waals surface area contributed by atoms with Crippen LogP contribution in [0.1, 0.15) is 31.2 Å². The largest absolute Gasteiger partial charge is 0.497 e. The standard InChI is InChI=1S/C15H18O3/c1-17-12-7-5-6-11(10-12)15(18-2)13-8-3-4-9-14(13)16/h5-7,10H,3-4,8-9H2,1-2H3. The van der Waals surface area contributed by atoms with E-state index in [0.29, 0.717) is 12.2 Å². The number of ether oxygens (including phenoxy) is 2. The van der Waals surface area contributed by atoms with Crippen molar-refractivity contribution in [2.45, 2.75) is 25.7 Å². The van der Waals surface area contributed by atoms with Gasteiger partial charge in [-0.2, -0.15) is 0 Å². The molecule has 0 heterocycles. The number of allylic oxidation sites excluding steroid dienone is 1. The molecule has 1 saturated carbocycles. The number of hydrogen-bond acceptors (Lipinski definition) is 3. The first-order chi connectivity index (χ1) is 8.76. The van der Waals surface area contributed by atoms with E-state index in [1.165, 1.54) is 0 Å². The van der Waals surface area contributed by atoms with E-state index in [0.717, 1.165) is 36.1 Å². The van der Waals surface area contributed by atoms with E-state index in [4.69, 9.17) is 9.47 Å². The fourth-order valence-corrected chi connectivity index (χ4v) is 2.30. The number of methoxy groups -OCH3 is 2. The van der Waals surface area contributed by atoms with Crippen molar-refractivity contribution in [2.75, 3.05) is 14.2 Å². The zero-order valence-electron chi connectivity index (χ0n) is 10.9. The summed E-state index contributed by atoms with van der Waals surface area (Å²) in [6, 6.07) is 7.62. The van der Waals surface area contributed by atoms with E-state index in [9.17, 15) is 4.79 Å². The molecule has 0 radical (unpaired) electrons. The van der Waals surface area contributed by atoms with Gasteiger partial charge in [0, 0.05) is 17.6 Å². The molecule has 1 aromatic rings. The monoisotopic (exact) mass is 246 g/mol. The lowest BCUT2D eigenvalue weighted by Crippen LogP contribution is -2.11. The van der Waals surface area contributed by atoms with Crippen LogP contribution in [-0.2, 0) is 9.53 Å². The maximum atomic E-state index is 12.0. The Balaban J connectivity index is 2.43. The second kappa shape index (κ2) is 5.71. The third kappa shape index (κ3) is 2.55. The molecular weight excluding hydrogens is 228 g/mol. The van der Waals surface area contributed by atoms with Crippen molar-refractivity contribution in [2.24, 2.45) is 0 Å². The van der Waals surface area contributed by atoms with Gasteiger partial charge < -0.3 is 9.47 Å². The van der Waals surface area contributed by atoms with Gasteiger partial charge in [0.15, 0.2) is 5.78 Å². The second-order valence-corrected chi connectivity index (χ2v) is 4.37. The Morgan fingerprint density at radius 1 is 1.17 bits per heavy atom. The quantitative estimate of drug-likeness (QED) is 0.607. The number of hydrogen-bond donors (Lipinski definition) is 0. The third-order valence-electron chi connectivity index (χ3n) is 3.23. The molecule has 3 heteroatoms. The fraction of sp³-hybridized carbons (Fsp3) is 0.400. The van der Waals surface area contributed by atoms with Crippen molar-refractivity contribution >= 4 is 11.5 Å². The molecule has 96 valence electrons. The average Bonchev–Trinajstić information content (AvgIpc) is 2.42. The molecule has 1 fully saturated rings. The summed E-state index contributed by atoms with van der Waals surface area (Å²) < 4.78 is 10.6. The van der Waals surface area contributed by atoms with Crippen LogP contribution in [0, 0.1) is 0 Å². The molecule has 0 amide bonds. The smallest absolute Gasteiger partial charge is 0.162 e. The molecule has 0 spiro atoms. The molecular formula is C15H18O3. The summed E-state index contributed by atoms with van der Waals surface area (Å²) in [6.07, 6.45) is 3.47. The summed E-state index contributed by atoms with van der Waals surface area (Å²) >= 11 is 0. The van der Waals surface area contributed by atoms with Crippen molar-refractivity contribution < 1.29 is 14.3 Å². The molecule has 0 aliphatic heterocycles. The topological polar surface area (TPSA) is 35.5 Å². The summed E-state index contributed by atoms with van der Waals surface area (Å²) in [5.74, 6) is 1.67. The molecule has 1 aliphatic rings. The van der Waals surface area contributed by atoms with Gasteiger partial charge in [-0.3, -0.25) is 4.79 Å². The minimum atomic E-state index is 0.209. The normalized spacial score (nSPS) is 18.4. The summed E-state index contributed by atoms with van der Waals surface area (Å²) in [7, 11) is 3.24. The van der Waals surface area contributed by atoms with E-state index >= 15 is 0 Å². The molecule has 0 bridgehead atoms. The van der Waals surface area contributed by atoms with Crippen molar-refractivity contribution in [3.8, 4) is 5.75 Å². The summed E-state index contributed by atoms with van der Waals surface area (Å²) in [5, 5.41) is 0. The van der Waals surface area contributed by atoms with Gasteiger partial charge >= 0.3 is 0 Å². The Labute approximate surface area is 107 Å². The van der Waals surface area contributed by atoms with Crippen molar-refractivity contribution in [3.05, 3.63) is 35.4 Å². The predicted molar refractivity (Wildman–Crippen MR) is 70.4 cm³/mol. The van der Waals surface area contributed by atoms with E-state index < -0.39 is 0 Å². The van der Waals surface area contributed by atoms with E-state index in [1.54, 1.807) is 14.2 Å². The van der Waals surface area contributed by atoms with Crippen LogP contribution in [0.15, 0.2) is 29.8 Å². The maximum Gasteiger partial charge on any atom is 0.162 e. The SMILES string of the molecule is COC(=C1CCCCC1=O)c1cccc(OC)c1. The molecule has 0 aromatic heterocycles. The van der Waals surface area contributed by atoms with Gasteiger partial charge in [0.25, 0.3) is 0 Å². The molecule has 1 aliphatic carbocycles. The van der Waals surface area contributed by atoms with Crippen LogP contribution in [0.5, 0.6) is 5.75 Å².